The predicted molar refractivity (Wildman–Crippen MR) is 47.4 cm³/mol. The minimum absolute atomic E-state index is 0.0345. The van der Waals surface area contributed by atoms with Crippen LogP contribution in [0.4, 0.5) is 0 Å². The summed E-state index contributed by atoms with van der Waals surface area (Å²) in [5.74, 6) is 1.60. The molecule has 0 saturated heterocycles. The fourth-order valence-corrected chi connectivity index (χ4v) is 1.23. The van der Waals surface area contributed by atoms with Crippen molar-refractivity contribution in [3.05, 3.63) is 18.2 Å². The second kappa shape index (κ2) is 3.01. The lowest BCUT2D eigenvalue weighted by Crippen LogP contribution is -2.28. The van der Waals surface area contributed by atoms with Crippen LogP contribution in [0.2, 0.25) is 0 Å². The molecule has 13 heavy (non-hydrogen) atoms. The van der Waals surface area contributed by atoms with E-state index in [1.807, 2.05) is 17.7 Å². The van der Waals surface area contributed by atoms with E-state index in [0.717, 1.165) is 5.82 Å². The number of aliphatic imine (C=N–C) groups is 1. The third-order valence-corrected chi connectivity index (χ3v) is 1.94. The van der Waals surface area contributed by atoms with E-state index in [4.69, 9.17) is 0 Å². The van der Waals surface area contributed by atoms with E-state index < -0.39 is 0 Å². The molecule has 0 atom stereocenters. The van der Waals surface area contributed by atoms with Crippen LogP contribution in [0.15, 0.2) is 17.4 Å². The average Bonchev–Trinajstić information content (AvgIpc) is 2.64. The first kappa shape index (κ1) is 7.97. The summed E-state index contributed by atoms with van der Waals surface area (Å²) in [7, 11) is 0. The number of rotatable bonds is 2. The highest BCUT2D eigenvalue weighted by Gasteiger charge is 2.13. The Hall–Kier alpha value is -1.65. The Morgan fingerprint density at radius 1 is 1.69 bits per heavy atom. The van der Waals surface area contributed by atoms with Crippen LogP contribution in [0.25, 0.3) is 0 Å². The van der Waals surface area contributed by atoms with Gasteiger partial charge in [-0.15, -0.1) is 0 Å². The summed E-state index contributed by atoms with van der Waals surface area (Å²) in [5, 5.41) is 2.68. The highest BCUT2D eigenvalue weighted by molar-refractivity contribution is 6.03. The van der Waals surface area contributed by atoms with Crippen molar-refractivity contribution in [1.82, 2.24) is 14.9 Å². The van der Waals surface area contributed by atoms with Gasteiger partial charge < -0.3 is 9.88 Å². The average molecular weight is 178 g/mol. The molecule has 68 valence electrons. The van der Waals surface area contributed by atoms with E-state index in [2.05, 4.69) is 15.3 Å². The molecule has 0 spiro atoms. The standard InChI is InChI=1S/C8H10N4O/c1-6-9-2-3-12(6)5-7-10-4-8(13)11-7/h2-3H,4-5H2,1H3,(H,10,11,13). The Morgan fingerprint density at radius 3 is 3.08 bits per heavy atom. The minimum atomic E-state index is -0.0345. The van der Waals surface area contributed by atoms with Crippen molar-refractivity contribution >= 4 is 11.7 Å². The second-order valence-corrected chi connectivity index (χ2v) is 2.91. The van der Waals surface area contributed by atoms with Gasteiger partial charge in [0.25, 0.3) is 0 Å². The number of aromatic nitrogens is 2. The van der Waals surface area contributed by atoms with Crippen molar-refractivity contribution in [3.63, 3.8) is 0 Å². The third kappa shape index (κ3) is 1.58. The van der Waals surface area contributed by atoms with Gasteiger partial charge >= 0.3 is 0 Å². The molecule has 2 heterocycles. The van der Waals surface area contributed by atoms with Crippen molar-refractivity contribution < 1.29 is 4.79 Å². The number of hydrogen-bond acceptors (Lipinski definition) is 3. The molecule has 0 bridgehead atoms. The van der Waals surface area contributed by atoms with E-state index >= 15 is 0 Å². The lowest BCUT2D eigenvalue weighted by Gasteiger charge is -2.03. The van der Waals surface area contributed by atoms with E-state index in [-0.39, 0.29) is 12.5 Å². The van der Waals surface area contributed by atoms with Crippen LogP contribution in [0.3, 0.4) is 0 Å². The number of nitrogens with one attached hydrogen (secondary N) is 1. The largest absolute Gasteiger partial charge is 0.328 e. The molecule has 0 fully saturated rings. The van der Waals surface area contributed by atoms with Gasteiger partial charge in [-0.1, -0.05) is 0 Å². The summed E-state index contributed by atoms with van der Waals surface area (Å²) in [6.45, 7) is 2.76. The van der Waals surface area contributed by atoms with Crippen LogP contribution < -0.4 is 5.32 Å². The van der Waals surface area contributed by atoms with E-state index in [0.29, 0.717) is 12.4 Å². The molecule has 1 aliphatic heterocycles. The molecule has 5 nitrogen and oxygen atoms in total. The molecule has 1 N–H and O–H groups in total. The van der Waals surface area contributed by atoms with Gasteiger partial charge in [0, 0.05) is 12.4 Å². The molecule has 1 aromatic heterocycles. The van der Waals surface area contributed by atoms with E-state index in [1.54, 1.807) is 6.20 Å². The maximum Gasteiger partial charge on any atom is 0.247 e. The van der Waals surface area contributed by atoms with Gasteiger partial charge in [0.05, 0.1) is 6.54 Å². The van der Waals surface area contributed by atoms with Gasteiger partial charge in [-0.25, -0.2) is 4.98 Å². The lowest BCUT2D eigenvalue weighted by atomic mass is 10.5. The van der Waals surface area contributed by atoms with Gasteiger partial charge in [-0.05, 0) is 6.92 Å². The topological polar surface area (TPSA) is 59.3 Å². The Kier molecular flexibility index (Phi) is 1.84. The zero-order chi connectivity index (χ0) is 9.26. The molecule has 1 aliphatic rings. The zero-order valence-electron chi connectivity index (χ0n) is 7.32. The Morgan fingerprint density at radius 2 is 2.54 bits per heavy atom. The first-order valence-electron chi connectivity index (χ1n) is 4.06. The quantitative estimate of drug-likeness (QED) is 0.677. The van der Waals surface area contributed by atoms with Crippen molar-refractivity contribution in [2.24, 2.45) is 4.99 Å². The summed E-state index contributed by atoms with van der Waals surface area (Å²) in [6.07, 6.45) is 3.59. The van der Waals surface area contributed by atoms with Crippen molar-refractivity contribution in [2.75, 3.05) is 6.54 Å². The smallest absolute Gasteiger partial charge is 0.247 e. The Bertz CT molecular complexity index is 366. The van der Waals surface area contributed by atoms with Crippen LogP contribution in [0.5, 0.6) is 0 Å². The molecule has 0 unspecified atom stereocenters. The fraction of sp³-hybridized carbons (Fsp3) is 0.375. The van der Waals surface area contributed by atoms with Gasteiger partial charge in [0.1, 0.15) is 18.2 Å². The number of hydrogen-bond donors (Lipinski definition) is 1. The number of amides is 1. The zero-order valence-corrected chi connectivity index (χ0v) is 7.32. The van der Waals surface area contributed by atoms with Crippen LogP contribution in [0, 0.1) is 6.92 Å². The summed E-state index contributed by atoms with van der Waals surface area (Å²) in [5.41, 5.74) is 0. The number of carbonyl (C=O) groups is 1. The van der Waals surface area contributed by atoms with E-state index in [9.17, 15) is 4.79 Å². The highest BCUT2D eigenvalue weighted by Crippen LogP contribution is 1.97. The van der Waals surface area contributed by atoms with Crippen LogP contribution in [-0.4, -0.2) is 27.8 Å². The predicted octanol–water partition coefficient (Wildman–Crippen LogP) is -0.280. The molecule has 0 saturated carbocycles. The SMILES string of the molecule is Cc1nccn1CC1=NCC(=O)N1. The number of aryl methyl sites for hydroxylation is 1. The first-order chi connectivity index (χ1) is 6.25. The number of carbonyl (C=O) groups excluding carboxylic acids is 1. The van der Waals surface area contributed by atoms with Crippen LogP contribution >= 0.6 is 0 Å². The Balaban J connectivity index is 2.07. The van der Waals surface area contributed by atoms with Gasteiger partial charge in [-0.3, -0.25) is 9.79 Å². The van der Waals surface area contributed by atoms with Crippen LogP contribution in [0.1, 0.15) is 5.82 Å². The minimum Gasteiger partial charge on any atom is -0.328 e. The monoisotopic (exact) mass is 178 g/mol. The lowest BCUT2D eigenvalue weighted by molar-refractivity contribution is -0.117. The molecular weight excluding hydrogens is 168 g/mol. The van der Waals surface area contributed by atoms with Crippen molar-refractivity contribution in [1.29, 1.82) is 0 Å². The summed E-state index contributed by atoms with van der Waals surface area (Å²) < 4.78 is 1.93. The number of amidine groups is 1. The molecule has 1 aromatic rings. The molecular formula is C8H10N4O. The Labute approximate surface area is 75.5 Å². The number of imidazole rings is 1. The molecule has 0 aliphatic carbocycles. The number of nitrogens with zero attached hydrogens (tertiary/aromatic N) is 3. The fourth-order valence-electron chi connectivity index (χ4n) is 1.23. The third-order valence-electron chi connectivity index (χ3n) is 1.94. The maximum absolute atomic E-state index is 10.8. The molecule has 1 amide bonds. The normalized spacial score (nSPS) is 15.8. The summed E-state index contributed by atoms with van der Waals surface area (Å²) >= 11 is 0. The first-order valence-corrected chi connectivity index (χ1v) is 4.06. The summed E-state index contributed by atoms with van der Waals surface area (Å²) in [6, 6.07) is 0. The van der Waals surface area contributed by atoms with Gasteiger partial charge in [0.15, 0.2) is 0 Å². The van der Waals surface area contributed by atoms with Crippen molar-refractivity contribution in [3.8, 4) is 0 Å². The molecule has 0 radical (unpaired) electrons. The van der Waals surface area contributed by atoms with E-state index in [1.165, 1.54) is 0 Å². The van der Waals surface area contributed by atoms with Crippen molar-refractivity contribution in [2.45, 2.75) is 13.5 Å². The molecule has 0 aromatic carbocycles. The van der Waals surface area contributed by atoms with Gasteiger partial charge in [-0.2, -0.15) is 0 Å². The summed E-state index contributed by atoms with van der Waals surface area (Å²) in [4.78, 5) is 18.9. The van der Waals surface area contributed by atoms with Gasteiger partial charge in [0.2, 0.25) is 5.91 Å². The molecule has 5 heteroatoms. The van der Waals surface area contributed by atoms with Crippen LogP contribution in [-0.2, 0) is 11.3 Å². The molecule has 2 rings (SSSR count). The second-order valence-electron chi connectivity index (χ2n) is 2.91. The highest BCUT2D eigenvalue weighted by atomic mass is 16.2. The maximum atomic E-state index is 10.8.